The van der Waals surface area contributed by atoms with E-state index in [4.69, 9.17) is 4.74 Å². The zero-order valence-electron chi connectivity index (χ0n) is 23.8. The van der Waals surface area contributed by atoms with E-state index in [0.717, 1.165) is 47.9 Å². The molecule has 0 aliphatic rings. The summed E-state index contributed by atoms with van der Waals surface area (Å²) in [6.45, 7) is 0. The van der Waals surface area contributed by atoms with Gasteiger partial charge in [-0.3, -0.25) is 0 Å². The lowest BCUT2D eigenvalue weighted by Gasteiger charge is -2.11. The largest absolute Gasteiger partial charge is 0.478 e. The third-order valence-electron chi connectivity index (χ3n) is 7.44. The number of carbonyl (C=O) groups is 4. The average molecular weight is 579 g/mol. The first-order valence-electron chi connectivity index (χ1n) is 14.4. The van der Waals surface area contributed by atoms with E-state index in [1.807, 2.05) is 48.5 Å². The number of carboxylic acid groups (broad SMARTS) is 2. The number of rotatable bonds is 14. The summed E-state index contributed by atoms with van der Waals surface area (Å²) in [5, 5.41) is 18.8. The van der Waals surface area contributed by atoms with Gasteiger partial charge < -0.3 is 14.9 Å². The van der Waals surface area contributed by atoms with E-state index >= 15 is 0 Å². The first-order valence-corrected chi connectivity index (χ1v) is 14.4. The lowest BCUT2D eigenvalue weighted by molar-refractivity contribution is 0.0395. The number of carboxylic acids is 2. The van der Waals surface area contributed by atoms with Crippen LogP contribution in [0.25, 0.3) is 0 Å². The van der Waals surface area contributed by atoms with Crippen molar-refractivity contribution in [1.29, 1.82) is 0 Å². The van der Waals surface area contributed by atoms with Crippen LogP contribution in [0.3, 0.4) is 0 Å². The van der Waals surface area contributed by atoms with Gasteiger partial charge in [0, 0.05) is 0 Å². The van der Waals surface area contributed by atoms with Crippen molar-refractivity contribution in [2.75, 3.05) is 0 Å². The number of hydrogen-bond acceptors (Lipinski definition) is 5. The highest BCUT2D eigenvalue weighted by molar-refractivity contribution is 6.03. The fourth-order valence-corrected chi connectivity index (χ4v) is 5.22. The molecule has 0 radical (unpaired) electrons. The Balaban J connectivity index is 1.33. The van der Waals surface area contributed by atoms with Gasteiger partial charge in [0.05, 0.1) is 22.3 Å². The third kappa shape index (κ3) is 8.49. The van der Waals surface area contributed by atoms with Crippen LogP contribution in [-0.2, 0) is 30.4 Å². The van der Waals surface area contributed by atoms with Gasteiger partial charge in [0.1, 0.15) is 0 Å². The second kappa shape index (κ2) is 15.3. The van der Waals surface area contributed by atoms with Crippen LogP contribution < -0.4 is 0 Å². The first kappa shape index (κ1) is 30.9. The molecule has 4 aromatic carbocycles. The number of benzene rings is 4. The van der Waals surface area contributed by atoms with Crippen LogP contribution in [0, 0.1) is 0 Å². The number of esters is 2. The van der Waals surface area contributed by atoms with Crippen molar-refractivity contribution in [3.63, 3.8) is 0 Å². The van der Waals surface area contributed by atoms with Crippen LogP contribution in [0.15, 0.2) is 97.1 Å². The number of aryl methyl sites for hydroxylation is 4. The summed E-state index contributed by atoms with van der Waals surface area (Å²) in [6.07, 6.45) is 5.31. The molecular formula is C36H34O7. The minimum Gasteiger partial charge on any atom is -0.478 e. The second-order valence-electron chi connectivity index (χ2n) is 10.3. The maximum absolute atomic E-state index is 13.1. The lowest BCUT2D eigenvalue weighted by atomic mass is 9.97. The molecule has 0 heterocycles. The van der Waals surface area contributed by atoms with Crippen molar-refractivity contribution < 1.29 is 34.1 Å². The van der Waals surface area contributed by atoms with E-state index in [-0.39, 0.29) is 0 Å². The molecule has 43 heavy (non-hydrogen) atoms. The van der Waals surface area contributed by atoms with Crippen molar-refractivity contribution >= 4 is 23.9 Å². The molecule has 4 aromatic rings. The highest BCUT2D eigenvalue weighted by Crippen LogP contribution is 2.20. The molecule has 4 rings (SSSR count). The van der Waals surface area contributed by atoms with E-state index < -0.39 is 23.9 Å². The van der Waals surface area contributed by atoms with Crippen molar-refractivity contribution in [3.05, 3.63) is 142 Å². The van der Waals surface area contributed by atoms with E-state index in [9.17, 15) is 29.4 Å². The van der Waals surface area contributed by atoms with Gasteiger partial charge in [0.2, 0.25) is 0 Å². The molecule has 0 bridgehead atoms. The summed E-state index contributed by atoms with van der Waals surface area (Å²) in [5.41, 5.74) is 4.34. The van der Waals surface area contributed by atoms with Gasteiger partial charge in [-0.25, -0.2) is 19.2 Å². The topological polar surface area (TPSA) is 118 Å². The SMILES string of the molecule is O=C(O)c1ccccc1CCCCc1ccccc1C(=O)OC(=O)c1ccccc1CCCCc1ccccc1C(=O)O. The fraction of sp³-hybridized carbons (Fsp3) is 0.222. The van der Waals surface area contributed by atoms with Crippen molar-refractivity contribution in [2.45, 2.75) is 51.4 Å². The van der Waals surface area contributed by atoms with Crippen LogP contribution in [0.5, 0.6) is 0 Å². The Morgan fingerprint density at radius 3 is 0.977 bits per heavy atom. The molecule has 0 aliphatic heterocycles. The van der Waals surface area contributed by atoms with Crippen molar-refractivity contribution in [1.82, 2.24) is 0 Å². The maximum Gasteiger partial charge on any atom is 0.346 e. The minimum absolute atomic E-state index is 0.300. The van der Waals surface area contributed by atoms with Gasteiger partial charge in [-0.15, -0.1) is 0 Å². The Morgan fingerprint density at radius 1 is 0.419 bits per heavy atom. The van der Waals surface area contributed by atoms with Gasteiger partial charge in [0.15, 0.2) is 0 Å². The summed E-state index contributed by atoms with van der Waals surface area (Å²) in [4.78, 5) is 49.1. The maximum atomic E-state index is 13.1. The Kier molecular flexibility index (Phi) is 11.0. The summed E-state index contributed by atoms with van der Waals surface area (Å²) in [7, 11) is 0. The molecule has 220 valence electrons. The van der Waals surface area contributed by atoms with Gasteiger partial charge in [0.25, 0.3) is 0 Å². The smallest absolute Gasteiger partial charge is 0.346 e. The number of ether oxygens (including phenoxy) is 1. The Hall–Kier alpha value is -5.04. The van der Waals surface area contributed by atoms with E-state index in [1.54, 1.807) is 48.5 Å². The number of aromatic carboxylic acids is 2. The van der Waals surface area contributed by atoms with Crippen LogP contribution in [-0.4, -0.2) is 34.1 Å². The summed E-state index contributed by atoms with van der Waals surface area (Å²) in [5.74, 6) is -3.32. The zero-order chi connectivity index (χ0) is 30.6. The molecule has 0 aliphatic carbocycles. The Bertz CT molecular complexity index is 1490. The predicted octanol–water partition coefficient (Wildman–Crippen LogP) is 7.21. The molecular weight excluding hydrogens is 544 g/mol. The van der Waals surface area contributed by atoms with Crippen LogP contribution >= 0.6 is 0 Å². The van der Waals surface area contributed by atoms with Gasteiger partial charge in [-0.05, 0) is 97.9 Å². The lowest BCUT2D eigenvalue weighted by Crippen LogP contribution is -2.16. The quantitative estimate of drug-likeness (QED) is 0.0922. The molecule has 0 saturated heterocycles. The molecule has 0 saturated carbocycles. The summed E-state index contributed by atoms with van der Waals surface area (Å²) in [6, 6.07) is 28.0. The van der Waals surface area contributed by atoms with Crippen molar-refractivity contribution in [3.8, 4) is 0 Å². The second-order valence-corrected chi connectivity index (χ2v) is 10.3. The van der Waals surface area contributed by atoms with Gasteiger partial charge >= 0.3 is 23.9 Å². The number of unbranched alkanes of at least 4 members (excludes halogenated alkanes) is 2. The Labute approximate surface area is 250 Å². The monoisotopic (exact) mass is 578 g/mol. The predicted molar refractivity (Wildman–Crippen MR) is 163 cm³/mol. The number of carbonyl (C=O) groups excluding carboxylic acids is 2. The molecule has 0 fully saturated rings. The van der Waals surface area contributed by atoms with Crippen molar-refractivity contribution in [2.24, 2.45) is 0 Å². The standard InChI is InChI=1S/C36H34O7/c37-33(38)29-21-9-5-15-25(29)13-1-3-17-27-19-7-11-23-31(27)35(41)43-36(42)32-24-12-8-20-28(32)18-4-2-14-26-16-6-10-22-30(26)34(39)40/h5-12,15-16,19-24H,1-4,13-14,17-18H2,(H,37,38)(H,39,40). The molecule has 2 N–H and O–H groups in total. The zero-order valence-corrected chi connectivity index (χ0v) is 23.8. The van der Waals surface area contributed by atoms with E-state index in [2.05, 4.69) is 0 Å². The van der Waals surface area contributed by atoms with E-state index in [0.29, 0.717) is 47.9 Å². The highest BCUT2D eigenvalue weighted by atomic mass is 16.6. The first-order chi connectivity index (χ1) is 20.8. The number of hydrogen-bond donors (Lipinski definition) is 2. The van der Waals surface area contributed by atoms with Gasteiger partial charge in [-0.1, -0.05) is 72.8 Å². The molecule has 0 aromatic heterocycles. The third-order valence-corrected chi connectivity index (χ3v) is 7.44. The molecule has 0 spiro atoms. The van der Waals surface area contributed by atoms with Crippen LogP contribution in [0.1, 0.15) is 89.4 Å². The molecule has 0 unspecified atom stereocenters. The molecule has 0 amide bonds. The average Bonchev–Trinajstić information content (AvgIpc) is 3.02. The molecule has 7 nitrogen and oxygen atoms in total. The highest BCUT2D eigenvalue weighted by Gasteiger charge is 2.20. The van der Waals surface area contributed by atoms with Gasteiger partial charge in [-0.2, -0.15) is 0 Å². The summed E-state index contributed by atoms with van der Waals surface area (Å²) < 4.78 is 5.33. The van der Waals surface area contributed by atoms with E-state index in [1.165, 1.54) is 0 Å². The molecule has 0 atom stereocenters. The Morgan fingerprint density at radius 2 is 0.674 bits per heavy atom. The normalized spacial score (nSPS) is 10.7. The van der Waals surface area contributed by atoms with Crippen LogP contribution in [0.4, 0.5) is 0 Å². The fourth-order valence-electron chi connectivity index (χ4n) is 5.22. The summed E-state index contributed by atoms with van der Waals surface area (Å²) >= 11 is 0. The molecule has 7 heteroatoms. The minimum atomic E-state index is -0.948. The van der Waals surface area contributed by atoms with Crippen LogP contribution in [0.2, 0.25) is 0 Å².